The first-order valence-electron chi connectivity index (χ1n) is 8.21. The third-order valence-corrected chi connectivity index (χ3v) is 4.09. The van der Waals surface area contributed by atoms with Gasteiger partial charge in [-0.15, -0.1) is 0 Å². The quantitative estimate of drug-likeness (QED) is 0.760. The van der Waals surface area contributed by atoms with Gasteiger partial charge in [-0.3, -0.25) is 9.59 Å². The molecule has 1 unspecified atom stereocenters. The highest BCUT2D eigenvalue weighted by molar-refractivity contribution is 5.83. The standard InChI is InChI=1S/C18H23N3O4/c1-12(2)16-20-15(25-21-16)10-9-14(22)19-11-18(3,17(23)24)13-7-5-4-6-8-13/h4-8,12H,9-11H2,1-3H3,(H,19,22)(H,23,24). The Labute approximate surface area is 146 Å². The Bertz CT molecular complexity index is 727. The number of aliphatic carboxylic acids is 1. The number of amides is 1. The van der Waals surface area contributed by atoms with Gasteiger partial charge in [-0.1, -0.05) is 49.3 Å². The van der Waals surface area contributed by atoms with Crippen LogP contribution < -0.4 is 5.32 Å². The zero-order chi connectivity index (χ0) is 18.4. The number of carbonyl (C=O) groups excluding carboxylic acids is 1. The van der Waals surface area contributed by atoms with Crippen LogP contribution in [0.3, 0.4) is 0 Å². The topological polar surface area (TPSA) is 105 Å². The lowest BCUT2D eigenvalue weighted by Gasteiger charge is -2.25. The van der Waals surface area contributed by atoms with Crippen molar-refractivity contribution in [2.24, 2.45) is 0 Å². The Kier molecular flexibility index (Phi) is 5.90. The molecule has 0 radical (unpaired) electrons. The molecule has 0 fully saturated rings. The summed E-state index contributed by atoms with van der Waals surface area (Å²) in [4.78, 5) is 28.0. The van der Waals surface area contributed by atoms with Gasteiger partial charge in [0, 0.05) is 25.3 Å². The molecule has 1 aromatic carbocycles. The molecule has 134 valence electrons. The van der Waals surface area contributed by atoms with E-state index < -0.39 is 11.4 Å². The fraction of sp³-hybridized carbons (Fsp3) is 0.444. The molecule has 0 spiro atoms. The van der Waals surface area contributed by atoms with Gasteiger partial charge in [0.15, 0.2) is 5.82 Å². The largest absolute Gasteiger partial charge is 0.481 e. The van der Waals surface area contributed by atoms with Gasteiger partial charge in [0.2, 0.25) is 11.8 Å². The number of rotatable bonds is 8. The SMILES string of the molecule is CC(C)c1noc(CCC(=O)NCC(C)(C(=O)O)c2ccccc2)n1. The molecule has 0 saturated heterocycles. The van der Waals surface area contributed by atoms with Gasteiger partial charge in [-0.2, -0.15) is 4.98 Å². The number of nitrogens with one attached hydrogen (secondary N) is 1. The van der Waals surface area contributed by atoms with Crippen LogP contribution in [-0.4, -0.2) is 33.7 Å². The second kappa shape index (κ2) is 7.92. The summed E-state index contributed by atoms with van der Waals surface area (Å²) in [6.07, 6.45) is 0.477. The van der Waals surface area contributed by atoms with Crippen LogP contribution in [0.25, 0.3) is 0 Å². The molecule has 0 aliphatic carbocycles. The highest BCUT2D eigenvalue weighted by atomic mass is 16.5. The summed E-state index contributed by atoms with van der Waals surface area (Å²) >= 11 is 0. The number of carboxylic acids is 1. The van der Waals surface area contributed by atoms with Crippen LogP contribution in [0, 0.1) is 0 Å². The lowest BCUT2D eigenvalue weighted by Crippen LogP contribution is -2.44. The summed E-state index contributed by atoms with van der Waals surface area (Å²) in [5.41, 5.74) is -0.548. The van der Waals surface area contributed by atoms with Crippen molar-refractivity contribution in [3.63, 3.8) is 0 Å². The monoisotopic (exact) mass is 345 g/mol. The van der Waals surface area contributed by atoms with Crippen LogP contribution in [0.4, 0.5) is 0 Å². The van der Waals surface area contributed by atoms with Gasteiger partial charge in [-0.25, -0.2) is 0 Å². The number of carboxylic acid groups (broad SMARTS) is 1. The third-order valence-electron chi connectivity index (χ3n) is 4.09. The molecule has 1 heterocycles. The number of hydrogen-bond acceptors (Lipinski definition) is 5. The normalized spacial score (nSPS) is 13.4. The number of carbonyl (C=O) groups is 2. The smallest absolute Gasteiger partial charge is 0.315 e. The van der Waals surface area contributed by atoms with E-state index >= 15 is 0 Å². The molecular weight excluding hydrogens is 322 g/mol. The lowest BCUT2D eigenvalue weighted by molar-refractivity contribution is -0.143. The first kappa shape index (κ1) is 18.6. The summed E-state index contributed by atoms with van der Waals surface area (Å²) < 4.78 is 5.09. The van der Waals surface area contributed by atoms with Crippen molar-refractivity contribution in [3.8, 4) is 0 Å². The van der Waals surface area contributed by atoms with Crippen LogP contribution in [0.15, 0.2) is 34.9 Å². The van der Waals surface area contributed by atoms with Crippen LogP contribution in [0.1, 0.15) is 50.4 Å². The molecule has 7 nitrogen and oxygen atoms in total. The van der Waals surface area contributed by atoms with E-state index in [4.69, 9.17) is 4.52 Å². The van der Waals surface area contributed by atoms with Crippen molar-refractivity contribution >= 4 is 11.9 Å². The average molecular weight is 345 g/mol. The first-order valence-corrected chi connectivity index (χ1v) is 8.21. The van der Waals surface area contributed by atoms with E-state index in [0.717, 1.165) is 0 Å². The second-order valence-corrected chi connectivity index (χ2v) is 6.48. The van der Waals surface area contributed by atoms with E-state index in [9.17, 15) is 14.7 Å². The lowest BCUT2D eigenvalue weighted by atomic mass is 9.82. The number of aromatic nitrogens is 2. The number of hydrogen-bond donors (Lipinski definition) is 2. The second-order valence-electron chi connectivity index (χ2n) is 6.48. The van der Waals surface area contributed by atoms with Gasteiger partial charge in [-0.05, 0) is 12.5 Å². The third kappa shape index (κ3) is 4.65. The van der Waals surface area contributed by atoms with E-state index in [-0.39, 0.29) is 24.8 Å². The molecule has 2 N–H and O–H groups in total. The molecule has 2 aromatic rings. The predicted octanol–water partition coefficient (Wildman–Crippen LogP) is 2.28. The van der Waals surface area contributed by atoms with Crippen molar-refractivity contribution in [3.05, 3.63) is 47.6 Å². The predicted molar refractivity (Wildman–Crippen MR) is 91.1 cm³/mol. The van der Waals surface area contributed by atoms with Gasteiger partial charge < -0.3 is 14.9 Å². The molecule has 7 heteroatoms. The Balaban J connectivity index is 1.92. The van der Waals surface area contributed by atoms with Crippen LogP contribution >= 0.6 is 0 Å². The maximum absolute atomic E-state index is 12.1. The first-order chi connectivity index (χ1) is 11.8. The highest BCUT2D eigenvalue weighted by Gasteiger charge is 2.35. The Morgan fingerprint density at radius 2 is 1.96 bits per heavy atom. The Hall–Kier alpha value is -2.70. The maximum Gasteiger partial charge on any atom is 0.315 e. The van der Waals surface area contributed by atoms with Crippen LogP contribution in [-0.2, 0) is 21.4 Å². The molecule has 1 aromatic heterocycles. The molecule has 0 aliphatic rings. The molecule has 2 rings (SSSR count). The number of nitrogens with zero attached hydrogens (tertiary/aromatic N) is 2. The minimum Gasteiger partial charge on any atom is -0.481 e. The molecule has 0 aliphatic heterocycles. The summed E-state index contributed by atoms with van der Waals surface area (Å²) in [5, 5.41) is 16.1. The van der Waals surface area contributed by atoms with Crippen molar-refractivity contribution < 1.29 is 19.2 Å². The highest BCUT2D eigenvalue weighted by Crippen LogP contribution is 2.23. The minimum absolute atomic E-state index is 0.00621. The van der Waals surface area contributed by atoms with Gasteiger partial charge in [0.25, 0.3) is 0 Å². The summed E-state index contributed by atoms with van der Waals surface area (Å²) in [6.45, 7) is 5.51. The Morgan fingerprint density at radius 1 is 1.28 bits per heavy atom. The van der Waals surface area contributed by atoms with Gasteiger partial charge in [0.1, 0.15) is 5.41 Å². The summed E-state index contributed by atoms with van der Waals surface area (Å²) in [6, 6.07) is 8.86. The molecule has 0 bridgehead atoms. The molecule has 25 heavy (non-hydrogen) atoms. The van der Waals surface area contributed by atoms with Crippen molar-refractivity contribution in [2.45, 2.75) is 44.9 Å². The molecule has 1 atom stereocenters. The zero-order valence-corrected chi connectivity index (χ0v) is 14.7. The van der Waals surface area contributed by atoms with E-state index in [1.807, 2.05) is 19.9 Å². The number of benzene rings is 1. The van der Waals surface area contributed by atoms with Gasteiger partial charge >= 0.3 is 5.97 Å². The van der Waals surface area contributed by atoms with E-state index in [0.29, 0.717) is 23.7 Å². The average Bonchev–Trinajstić information content (AvgIpc) is 3.07. The van der Waals surface area contributed by atoms with E-state index in [1.165, 1.54) is 0 Å². The number of aryl methyl sites for hydroxylation is 1. The maximum atomic E-state index is 12.1. The molecule has 1 amide bonds. The molecule has 0 saturated carbocycles. The zero-order valence-electron chi connectivity index (χ0n) is 14.7. The van der Waals surface area contributed by atoms with E-state index in [2.05, 4.69) is 15.5 Å². The fourth-order valence-electron chi connectivity index (χ4n) is 2.30. The van der Waals surface area contributed by atoms with Crippen molar-refractivity contribution in [1.29, 1.82) is 0 Å². The summed E-state index contributed by atoms with van der Waals surface area (Å²) in [7, 11) is 0. The van der Waals surface area contributed by atoms with E-state index in [1.54, 1.807) is 31.2 Å². The van der Waals surface area contributed by atoms with Gasteiger partial charge in [0.05, 0.1) is 0 Å². The summed E-state index contributed by atoms with van der Waals surface area (Å²) in [5.74, 6) is -0.0699. The molecular formula is C18H23N3O4. The Morgan fingerprint density at radius 3 is 2.52 bits per heavy atom. The van der Waals surface area contributed by atoms with Crippen molar-refractivity contribution in [1.82, 2.24) is 15.5 Å². The van der Waals surface area contributed by atoms with Crippen molar-refractivity contribution in [2.75, 3.05) is 6.54 Å². The van der Waals surface area contributed by atoms with Crippen LogP contribution in [0.2, 0.25) is 0 Å². The van der Waals surface area contributed by atoms with Crippen LogP contribution in [0.5, 0.6) is 0 Å². The minimum atomic E-state index is -1.19. The fourth-order valence-corrected chi connectivity index (χ4v) is 2.30.